The molecular formula is C53H77N11O17S2. The average molecular weight is 1200 g/mol. The Bertz CT molecular complexity index is 3150. The van der Waals surface area contributed by atoms with Crippen LogP contribution in [0.2, 0.25) is 0 Å². The fourth-order valence-corrected chi connectivity index (χ4v) is 11.6. The number of rotatable bonds is 29. The molecule has 1 aliphatic heterocycles. The number of carboxylic acid groups (broad SMARTS) is 4. The zero-order valence-corrected chi connectivity index (χ0v) is 49.0. The number of carbonyl (C=O) groups is 7. The van der Waals surface area contributed by atoms with Crippen LogP contribution >= 0.6 is 0 Å². The summed E-state index contributed by atoms with van der Waals surface area (Å²) in [7, 11) is -9.35. The molecule has 11 N–H and O–H groups in total. The molecule has 1 aliphatic rings. The topological polar surface area (TPSA) is 396 Å². The minimum atomic E-state index is -4.91. The van der Waals surface area contributed by atoms with Crippen molar-refractivity contribution in [3.8, 4) is 0 Å². The maximum Gasteiger partial charge on any atom is 0.323 e. The SMILES string of the molecule is C/C=C\N/C(NCc1ccc2c(=O)c(C(=O)NC[C@H](NS(=O)(=O)c3c(C)cc(C)cc3C)C(=O)O)cn(CCCNC(=O)[C@H](CS(=O)(=O)O)NC(=O)CN3CCN(CC(=O)O)CCN(CC(=O)O)CCN(CC(=O)O)CC3)c2c1)=C(\C)CC. The van der Waals surface area contributed by atoms with Gasteiger partial charge in [0.05, 0.1) is 36.6 Å². The van der Waals surface area contributed by atoms with Gasteiger partial charge in [-0.2, -0.15) is 13.1 Å². The molecular weight excluding hydrogens is 1130 g/mol. The first kappa shape index (κ1) is 68.2. The van der Waals surface area contributed by atoms with Crippen molar-refractivity contribution >= 4 is 72.6 Å². The highest BCUT2D eigenvalue weighted by molar-refractivity contribution is 7.89. The Kier molecular flexibility index (Phi) is 26.2. The standard InChI is InChI=1S/C53H77N11O17S2/c1-7-12-54-50(35(4)8-2)56-26-38-10-11-39-43(25-38)64(28-40(48(39)72)51(73)57-27-41(53(75)76)59-83(80,81)49-36(5)23-34(3)24-37(49)6)14-9-13-55-52(74)42(33-82(77,78)79)58-44(65)29-60-15-17-61(30-45(66)67)19-21-63(32-47(70)71)22-20-62(18-16-60)31-46(68)69/h7,10-12,23-25,28,41-42,54,56,59H,8-9,13-22,26-27,29-33H2,1-6H3,(H,55,74)(H,57,73)(H,58,65)(H,66,67)(H,68,69)(H,70,71)(H,75,76)(H,77,78,79)/b12-7-,50-35-/t41-,42-/m0/s1. The second-order valence-corrected chi connectivity index (χ2v) is 23.3. The molecule has 2 aromatic carbocycles. The minimum Gasteiger partial charge on any atom is -0.480 e. The quantitative estimate of drug-likeness (QED) is 0.0302. The normalized spacial score (nSPS) is 15.7. The number of hydrogen-bond donors (Lipinski definition) is 11. The van der Waals surface area contributed by atoms with Crippen molar-refractivity contribution in [2.45, 2.75) is 84.5 Å². The van der Waals surface area contributed by atoms with Gasteiger partial charge in [-0.05, 0) is 88.1 Å². The molecule has 4 rings (SSSR count). The van der Waals surface area contributed by atoms with Crippen molar-refractivity contribution in [1.29, 1.82) is 0 Å². The molecule has 0 spiro atoms. The molecule has 0 saturated carbocycles. The van der Waals surface area contributed by atoms with Crippen LogP contribution in [0.4, 0.5) is 0 Å². The number of aromatic nitrogens is 1. The fraction of sp³-hybridized carbons (Fsp3) is 0.509. The lowest BCUT2D eigenvalue weighted by Gasteiger charge is -2.33. The molecule has 0 unspecified atom stereocenters. The second kappa shape index (κ2) is 31.9. The molecule has 458 valence electrons. The number of pyridine rings is 1. The summed E-state index contributed by atoms with van der Waals surface area (Å²) in [5.41, 5.74) is 2.40. The molecule has 1 saturated heterocycles. The molecule has 2 heterocycles. The lowest BCUT2D eigenvalue weighted by atomic mass is 10.1. The number of benzene rings is 2. The predicted octanol–water partition coefficient (Wildman–Crippen LogP) is -0.703. The van der Waals surface area contributed by atoms with Gasteiger partial charge in [-0.1, -0.05) is 36.8 Å². The lowest BCUT2D eigenvalue weighted by molar-refractivity contribution is -0.140. The Balaban J connectivity index is 1.59. The molecule has 28 nitrogen and oxygen atoms in total. The third-order valence-electron chi connectivity index (χ3n) is 13.4. The van der Waals surface area contributed by atoms with Crippen LogP contribution in [-0.2, 0) is 62.0 Å². The Morgan fingerprint density at radius 3 is 1.73 bits per heavy atom. The predicted molar refractivity (Wildman–Crippen MR) is 305 cm³/mol. The summed E-state index contributed by atoms with van der Waals surface area (Å²) in [5.74, 6) is -8.52. The van der Waals surface area contributed by atoms with E-state index in [4.69, 9.17) is 0 Å². The number of carbonyl (C=O) groups excluding carboxylic acids is 3. The summed E-state index contributed by atoms with van der Waals surface area (Å²) in [6, 6.07) is 4.43. The van der Waals surface area contributed by atoms with Crippen molar-refractivity contribution in [3.05, 3.63) is 98.2 Å². The van der Waals surface area contributed by atoms with Crippen molar-refractivity contribution < 1.29 is 75.4 Å². The van der Waals surface area contributed by atoms with E-state index >= 15 is 0 Å². The smallest absolute Gasteiger partial charge is 0.323 e. The van der Waals surface area contributed by atoms with Crippen LogP contribution in [0.3, 0.4) is 0 Å². The van der Waals surface area contributed by atoms with Gasteiger partial charge in [0, 0.05) is 90.1 Å². The van der Waals surface area contributed by atoms with Crippen molar-refractivity contribution in [3.63, 3.8) is 0 Å². The minimum absolute atomic E-state index is 0.0242. The van der Waals surface area contributed by atoms with E-state index in [9.17, 15) is 80.2 Å². The second-order valence-electron chi connectivity index (χ2n) is 20.2. The molecule has 3 aromatic rings. The van der Waals surface area contributed by atoms with E-state index < -0.39 is 117 Å². The molecule has 1 fully saturated rings. The zero-order chi connectivity index (χ0) is 61.8. The summed E-state index contributed by atoms with van der Waals surface area (Å²) in [5, 5.41) is 52.6. The third-order valence-corrected chi connectivity index (χ3v) is 16.0. The van der Waals surface area contributed by atoms with Crippen LogP contribution in [-0.4, -0.2) is 217 Å². The van der Waals surface area contributed by atoms with Crippen LogP contribution in [0.1, 0.15) is 66.2 Å². The van der Waals surface area contributed by atoms with Crippen LogP contribution < -0.4 is 36.7 Å². The number of carboxylic acids is 4. The third kappa shape index (κ3) is 22.4. The van der Waals surface area contributed by atoms with Gasteiger partial charge < -0.3 is 51.6 Å². The largest absolute Gasteiger partial charge is 0.480 e. The monoisotopic (exact) mass is 1200 g/mol. The van der Waals surface area contributed by atoms with Crippen LogP contribution in [0, 0.1) is 20.8 Å². The number of aliphatic carboxylic acids is 4. The number of nitrogens with one attached hydrogen (secondary N) is 6. The fourth-order valence-electron chi connectivity index (χ4n) is 9.26. The van der Waals surface area contributed by atoms with Crippen molar-refractivity contribution in [1.82, 2.24) is 55.5 Å². The van der Waals surface area contributed by atoms with Gasteiger partial charge in [0.1, 0.15) is 29.2 Å². The molecule has 83 heavy (non-hydrogen) atoms. The van der Waals surface area contributed by atoms with E-state index in [1.54, 1.807) is 65.6 Å². The Hall–Kier alpha value is -7.32. The van der Waals surface area contributed by atoms with Gasteiger partial charge in [0.15, 0.2) is 0 Å². The summed E-state index contributed by atoms with van der Waals surface area (Å²) in [6.45, 7) is 8.86. The number of fused-ring (bicyclic) bond motifs is 1. The highest BCUT2D eigenvalue weighted by atomic mass is 32.2. The van der Waals surface area contributed by atoms with E-state index in [-0.39, 0.29) is 95.2 Å². The van der Waals surface area contributed by atoms with E-state index in [1.165, 1.54) is 22.1 Å². The molecule has 0 aliphatic carbocycles. The molecule has 1 aromatic heterocycles. The maximum absolute atomic E-state index is 14.1. The van der Waals surface area contributed by atoms with Crippen LogP contribution in [0.15, 0.2) is 69.9 Å². The van der Waals surface area contributed by atoms with E-state index in [0.29, 0.717) is 22.2 Å². The van der Waals surface area contributed by atoms with Crippen molar-refractivity contribution in [2.24, 2.45) is 0 Å². The van der Waals surface area contributed by atoms with Crippen LogP contribution in [0.5, 0.6) is 0 Å². The average Bonchev–Trinajstić information content (AvgIpc) is 3.22. The zero-order valence-electron chi connectivity index (χ0n) is 47.4. The van der Waals surface area contributed by atoms with Gasteiger partial charge in [0.25, 0.3) is 16.0 Å². The molecule has 30 heteroatoms. The van der Waals surface area contributed by atoms with Gasteiger partial charge in [0.2, 0.25) is 27.3 Å². The number of hydrogen-bond acceptors (Lipinski definition) is 18. The number of nitrogens with zero attached hydrogens (tertiary/aromatic N) is 5. The Labute approximate surface area is 481 Å². The van der Waals surface area contributed by atoms with Gasteiger partial charge in [-0.3, -0.25) is 62.5 Å². The number of allylic oxidation sites excluding steroid dienone is 2. The molecule has 3 amide bonds. The van der Waals surface area contributed by atoms with Crippen LogP contribution in [0.25, 0.3) is 10.9 Å². The molecule has 0 bridgehead atoms. The Morgan fingerprint density at radius 1 is 0.723 bits per heavy atom. The molecule has 2 atom stereocenters. The van der Waals surface area contributed by atoms with Gasteiger partial charge >= 0.3 is 23.9 Å². The summed E-state index contributed by atoms with van der Waals surface area (Å²) < 4.78 is 65.1. The van der Waals surface area contributed by atoms with E-state index in [1.807, 2.05) is 26.8 Å². The maximum atomic E-state index is 14.1. The lowest BCUT2D eigenvalue weighted by Crippen LogP contribution is -2.54. The van der Waals surface area contributed by atoms with E-state index in [0.717, 1.165) is 23.4 Å². The van der Waals surface area contributed by atoms with Crippen molar-refractivity contribution in [2.75, 3.05) is 97.4 Å². The molecule has 0 radical (unpaired) electrons. The number of aryl methyl sites for hydroxylation is 4. The highest BCUT2D eigenvalue weighted by Gasteiger charge is 2.31. The summed E-state index contributed by atoms with van der Waals surface area (Å²) in [4.78, 5) is 109. The highest BCUT2D eigenvalue weighted by Crippen LogP contribution is 2.22. The number of amides is 3. The first-order valence-electron chi connectivity index (χ1n) is 26.7. The first-order chi connectivity index (χ1) is 39.0. The van der Waals surface area contributed by atoms with Gasteiger partial charge in [-0.25, -0.2) is 8.42 Å². The van der Waals surface area contributed by atoms with E-state index in [2.05, 4.69) is 31.3 Å². The Morgan fingerprint density at radius 2 is 1.25 bits per heavy atom. The summed E-state index contributed by atoms with van der Waals surface area (Å²) in [6.07, 6.45) is 5.57. The number of sulfonamides is 1. The first-order valence-corrected chi connectivity index (χ1v) is 29.7. The van der Waals surface area contributed by atoms with Gasteiger partial charge in [-0.15, -0.1) is 0 Å². The summed E-state index contributed by atoms with van der Waals surface area (Å²) >= 11 is 0.